The zero-order valence-electron chi connectivity index (χ0n) is 10.4. The minimum absolute atomic E-state index is 0.0764. The number of aryl methyl sites for hydroxylation is 1. The van der Waals surface area contributed by atoms with Gasteiger partial charge in [0.1, 0.15) is 10.6 Å². The standard InChI is InChI=1S/C13H13BrFNO3/c1-19-13(18)10(14)7-16-11-4-3-9(15)6-8(11)2-5-12(16)17/h3-4,6,10H,2,5,7H2,1H3. The highest BCUT2D eigenvalue weighted by Crippen LogP contribution is 2.29. The minimum Gasteiger partial charge on any atom is -0.468 e. The number of rotatable bonds is 3. The third-order valence-electron chi connectivity index (χ3n) is 3.04. The number of alkyl halides is 1. The normalized spacial score (nSPS) is 15.9. The van der Waals surface area contributed by atoms with E-state index in [-0.39, 0.29) is 18.3 Å². The molecule has 0 aromatic heterocycles. The molecular formula is C13H13BrFNO3. The molecule has 1 amide bonds. The van der Waals surface area contributed by atoms with Gasteiger partial charge in [-0.1, -0.05) is 15.9 Å². The molecule has 1 aliphatic rings. The van der Waals surface area contributed by atoms with Gasteiger partial charge in [-0.05, 0) is 30.2 Å². The van der Waals surface area contributed by atoms with Crippen molar-refractivity contribution in [3.8, 4) is 0 Å². The number of esters is 1. The number of carbonyl (C=O) groups is 2. The van der Waals surface area contributed by atoms with Crippen molar-refractivity contribution in [1.29, 1.82) is 0 Å². The average Bonchev–Trinajstić information content (AvgIpc) is 2.40. The molecule has 6 heteroatoms. The summed E-state index contributed by atoms with van der Waals surface area (Å²) in [4.78, 5) is 24.2. The van der Waals surface area contributed by atoms with Crippen LogP contribution in [0.4, 0.5) is 10.1 Å². The lowest BCUT2D eigenvalue weighted by atomic mass is 10.0. The maximum atomic E-state index is 13.2. The molecular weight excluding hydrogens is 317 g/mol. The van der Waals surface area contributed by atoms with E-state index in [9.17, 15) is 14.0 Å². The molecule has 19 heavy (non-hydrogen) atoms. The van der Waals surface area contributed by atoms with Crippen molar-refractivity contribution in [3.05, 3.63) is 29.6 Å². The molecule has 1 heterocycles. The molecule has 4 nitrogen and oxygen atoms in total. The number of amides is 1. The Morgan fingerprint density at radius 1 is 1.53 bits per heavy atom. The summed E-state index contributed by atoms with van der Waals surface area (Å²) in [5, 5.41) is 0. The van der Waals surface area contributed by atoms with Crippen LogP contribution in [0.5, 0.6) is 0 Å². The van der Waals surface area contributed by atoms with Crippen molar-refractivity contribution in [2.75, 3.05) is 18.6 Å². The zero-order chi connectivity index (χ0) is 14.0. The quantitative estimate of drug-likeness (QED) is 0.629. The molecule has 0 N–H and O–H groups in total. The average molecular weight is 330 g/mol. The third-order valence-corrected chi connectivity index (χ3v) is 3.70. The second-order valence-corrected chi connectivity index (χ2v) is 5.37. The third kappa shape index (κ3) is 2.94. The van der Waals surface area contributed by atoms with Crippen LogP contribution in [0.1, 0.15) is 12.0 Å². The summed E-state index contributed by atoms with van der Waals surface area (Å²) in [5.41, 5.74) is 1.44. The van der Waals surface area contributed by atoms with Gasteiger partial charge in [0, 0.05) is 18.7 Å². The van der Waals surface area contributed by atoms with E-state index in [4.69, 9.17) is 0 Å². The number of halogens is 2. The van der Waals surface area contributed by atoms with E-state index < -0.39 is 10.8 Å². The summed E-state index contributed by atoms with van der Waals surface area (Å²) < 4.78 is 17.8. The molecule has 2 rings (SSSR count). The van der Waals surface area contributed by atoms with Gasteiger partial charge < -0.3 is 9.64 Å². The first-order valence-corrected chi connectivity index (χ1v) is 6.75. The predicted molar refractivity (Wildman–Crippen MR) is 71.8 cm³/mol. The van der Waals surface area contributed by atoms with Gasteiger partial charge in [-0.15, -0.1) is 0 Å². The topological polar surface area (TPSA) is 46.6 Å². The van der Waals surface area contributed by atoms with E-state index in [1.165, 1.54) is 24.1 Å². The van der Waals surface area contributed by atoms with Crippen molar-refractivity contribution in [2.24, 2.45) is 0 Å². The van der Waals surface area contributed by atoms with Crippen molar-refractivity contribution in [1.82, 2.24) is 0 Å². The fourth-order valence-corrected chi connectivity index (χ4v) is 2.57. The Morgan fingerprint density at radius 2 is 2.26 bits per heavy atom. The van der Waals surface area contributed by atoms with Gasteiger partial charge in [0.05, 0.1) is 7.11 Å². The van der Waals surface area contributed by atoms with Crippen LogP contribution in [0.3, 0.4) is 0 Å². The van der Waals surface area contributed by atoms with Crippen molar-refractivity contribution in [3.63, 3.8) is 0 Å². The number of nitrogens with zero attached hydrogens (tertiary/aromatic N) is 1. The maximum absolute atomic E-state index is 13.2. The van der Waals surface area contributed by atoms with Gasteiger partial charge in [-0.25, -0.2) is 4.39 Å². The summed E-state index contributed by atoms with van der Waals surface area (Å²) in [6, 6.07) is 4.31. The summed E-state index contributed by atoms with van der Waals surface area (Å²) in [7, 11) is 1.29. The Hall–Kier alpha value is -1.43. The smallest absolute Gasteiger partial charge is 0.321 e. The molecule has 0 aliphatic carbocycles. The number of ether oxygens (including phenoxy) is 1. The predicted octanol–water partition coefficient (Wildman–Crippen LogP) is 2.04. The van der Waals surface area contributed by atoms with Gasteiger partial charge in [0.2, 0.25) is 5.91 Å². The Bertz CT molecular complexity index is 521. The van der Waals surface area contributed by atoms with Gasteiger partial charge in [-0.2, -0.15) is 0 Å². The molecule has 0 bridgehead atoms. The van der Waals surface area contributed by atoms with Crippen molar-refractivity contribution < 1.29 is 18.7 Å². The first kappa shape index (κ1) is 14.0. The van der Waals surface area contributed by atoms with Gasteiger partial charge in [0.15, 0.2) is 0 Å². The highest BCUT2D eigenvalue weighted by atomic mass is 79.9. The Balaban J connectivity index is 2.25. The molecule has 102 valence electrons. The van der Waals surface area contributed by atoms with Crippen molar-refractivity contribution >= 4 is 33.5 Å². The lowest BCUT2D eigenvalue weighted by Gasteiger charge is -2.30. The molecule has 1 atom stereocenters. The van der Waals surface area contributed by atoms with Crippen LogP contribution in [-0.2, 0) is 20.7 Å². The highest BCUT2D eigenvalue weighted by molar-refractivity contribution is 9.10. The zero-order valence-corrected chi connectivity index (χ0v) is 11.9. The number of carbonyl (C=O) groups excluding carboxylic acids is 2. The number of fused-ring (bicyclic) bond motifs is 1. The molecule has 0 saturated heterocycles. The molecule has 0 radical (unpaired) electrons. The minimum atomic E-state index is -0.600. The molecule has 0 spiro atoms. The fraction of sp³-hybridized carbons (Fsp3) is 0.385. The largest absolute Gasteiger partial charge is 0.468 e. The van der Waals surface area contributed by atoms with E-state index in [2.05, 4.69) is 20.7 Å². The summed E-state index contributed by atoms with van der Waals surface area (Å²) in [5.74, 6) is -0.842. The first-order valence-electron chi connectivity index (χ1n) is 5.83. The summed E-state index contributed by atoms with van der Waals surface area (Å²) in [6.45, 7) is 0.171. The summed E-state index contributed by atoms with van der Waals surface area (Å²) in [6.07, 6.45) is 0.838. The number of hydrogen-bond acceptors (Lipinski definition) is 3. The van der Waals surface area contributed by atoms with Crippen LogP contribution in [0.25, 0.3) is 0 Å². The van der Waals surface area contributed by atoms with Crippen LogP contribution in [0.15, 0.2) is 18.2 Å². The maximum Gasteiger partial charge on any atom is 0.321 e. The van der Waals surface area contributed by atoms with E-state index in [0.29, 0.717) is 18.5 Å². The molecule has 0 saturated carbocycles. The Morgan fingerprint density at radius 3 is 2.95 bits per heavy atom. The second kappa shape index (κ2) is 5.69. The number of anilines is 1. The number of methoxy groups -OCH3 is 1. The van der Waals surface area contributed by atoms with E-state index in [1.54, 1.807) is 6.07 Å². The summed E-state index contributed by atoms with van der Waals surface area (Å²) >= 11 is 3.19. The number of benzene rings is 1. The van der Waals surface area contributed by atoms with E-state index in [1.807, 2.05) is 0 Å². The Labute approximate surface area is 118 Å². The van der Waals surface area contributed by atoms with Gasteiger partial charge >= 0.3 is 5.97 Å². The lowest BCUT2D eigenvalue weighted by Crippen LogP contribution is -2.41. The van der Waals surface area contributed by atoms with Crippen LogP contribution in [0.2, 0.25) is 0 Å². The van der Waals surface area contributed by atoms with E-state index in [0.717, 1.165) is 5.56 Å². The monoisotopic (exact) mass is 329 g/mol. The SMILES string of the molecule is COC(=O)C(Br)CN1C(=O)CCc2cc(F)ccc21. The first-order chi connectivity index (χ1) is 9.02. The van der Waals surface area contributed by atoms with Gasteiger partial charge in [0.25, 0.3) is 0 Å². The van der Waals surface area contributed by atoms with Crippen molar-refractivity contribution in [2.45, 2.75) is 17.7 Å². The Kier molecular flexibility index (Phi) is 4.19. The highest BCUT2D eigenvalue weighted by Gasteiger charge is 2.28. The fourth-order valence-electron chi connectivity index (χ4n) is 2.09. The molecule has 1 aliphatic heterocycles. The van der Waals surface area contributed by atoms with Crippen LogP contribution >= 0.6 is 15.9 Å². The molecule has 1 aromatic rings. The number of hydrogen-bond donors (Lipinski definition) is 0. The molecule has 1 unspecified atom stereocenters. The van der Waals surface area contributed by atoms with Crippen LogP contribution in [0, 0.1) is 5.82 Å². The molecule has 1 aromatic carbocycles. The molecule has 0 fully saturated rings. The second-order valence-electron chi connectivity index (χ2n) is 4.27. The van der Waals surface area contributed by atoms with E-state index >= 15 is 0 Å². The lowest BCUT2D eigenvalue weighted by molar-refractivity contribution is -0.139. The van der Waals surface area contributed by atoms with Gasteiger partial charge in [-0.3, -0.25) is 9.59 Å². The van der Waals surface area contributed by atoms with Crippen LogP contribution in [-0.4, -0.2) is 30.4 Å². The van der Waals surface area contributed by atoms with Crippen LogP contribution < -0.4 is 4.90 Å².